The Balaban J connectivity index is 1.76. The van der Waals surface area contributed by atoms with Crippen molar-refractivity contribution in [2.24, 2.45) is 5.10 Å². The second-order valence-electron chi connectivity index (χ2n) is 5.26. The molecule has 6 nitrogen and oxygen atoms in total. The number of sulfonamides is 1. The van der Waals surface area contributed by atoms with E-state index < -0.39 is 10.0 Å². The molecule has 0 unspecified atom stereocenters. The van der Waals surface area contributed by atoms with Gasteiger partial charge in [-0.25, -0.2) is 4.98 Å². The number of aromatic nitrogens is 2. The van der Waals surface area contributed by atoms with E-state index in [1.807, 2.05) is 35.0 Å². The summed E-state index contributed by atoms with van der Waals surface area (Å²) in [6.45, 7) is 1.75. The molecule has 25 heavy (non-hydrogen) atoms. The van der Waals surface area contributed by atoms with Crippen LogP contribution in [0.3, 0.4) is 0 Å². The second-order valence-corrected chi connectivity index (χ2v) is 7.84. The van der Waals surface area contributed by atoms with Crippen molar-refractivity contribution in [1.82, 2.24) is 14.4 Å². The highest BCUT2D eigenvalue weighted by Crippen LogP contribution is 2.15. The van der Waals surface area contributed by atoms with Crippen LogP contribution < -0.4 is 4.83 Å². The van der Waals surface area contributed by atoms with Crippen LogP contribution in [0.4, 0.5) is 0 Å². The van der Waals surface area contributed by atoms with Crippen LogP contribution >= 0.6 is 15.9 Å². The first kappa shape index (κ1) is 17.4. The Kier molecular flexibility index (Phi) is 5.00. The lowest BCUT2D eigenvalue weighted by Crippen LogP contribution is -2.19. The molecule has 0 spiro atoms. The number of hydrogen-bond donors (Lipinski definition) is 1. The van der Waals surface area contributed by atoms with Gasteiger partial charge in [-0.05, 0) is 48.9 Å². The zero-order chi connectivity index (χ0) is 17.9. The van der Waals surface area contributed by atoms with E-state index >= 15 is 0 Å². The van der Waals surface area contributed by atoms with Crippen molar-refractivity contribution in [2.75, 3.05) is 0 Å². The first-order valence-corrected chi connectivity index (χ1v) is 9.64. The van der Waals surface area contributed by atoms with Crippen LogP contribution in [0.1, 0.15) is 12.5 Å². The topological polar surface area (TPSA) is 76.3 Å². The average molecular weight is 419 g/mol. The van der Waals surface area contributed by atoms with Gasteiger partial charge in [0.1, 0.15) is 0 Å². The van der Waals surface area contributed by atoms with Gasteiger partial charge in [0, 0.05) is 22.6 Å². The van der Waals surface area contributed by atoms with E-state index in [-0.39, 0.29) is 4.90 Å². The van der Waals surface area contributed by atoms with E-state index in [4.69, 9.17) is 0 Å². The van der Waals surface area contributed by atoms with E-state index in [0.29, 0.717) is 5.71 Å². The van der Waals surface area contributed by atoms with Gasteiger partial charge in [-0.3, -0.25) is 0 Å². The van der Waals surface area contributed by atoms with Crippen LogP contribution in [0.2, 0.25) is 0 Å². The zero-order valence-corrected chi connectivity index (χ0v) is 15.7. The highest BCUT2D eigenvalue weighted by molar-refractivity contribution is 9.10. The maximum Gasteiger partial charge on any atom is 0.276 e. The molecule has 0 bridgehead atoms. The molecular formula is C17H15BrN4O2S. The Bertz CT molecular complexity index is 980. The molecule has 1 N–H and O–H groups in total. The van der Waals surface area contributed by atoms with Crippen molar-refractivity contribution in [1.29, 1.82) is 0 Å². The van der Waals surface area contributed by atoms with Gasteiger partial charge in [-0.15, -0.1) is 0 Å². The molecule has 0 saturated heterocycles. The average Bonchev–Trinajstić information content (AvgIpc) is 3.15. The van der Waals surface area contributed by atoms with Crippen molar-refractivity contribution in [2.45, 2.75) is 11.8 Å². The molecule has 0 aliphatic heterocycles. The number of nitrogens with zero attached hydrogens (tertiary/aromatic N) is 3. The van der Waals surface area contributed by atoms with Crippen LogP contribution in [0, 0.1) is 0 Å². The van der Waals surface area contributed by atoms with Gasteiger partial charge in [0.25, 0.3) is 10.0 Å². The Morgan fingerprint density at radius 3 is 2.40 bits per heavy atom. The first-order valence-electron chi connectivity index (χ1n) is 7.36. The second kappa shape index (κ2) is 7.20. The van der Waals surface area contributed by atoms with Gasteiger partial charge >= 0.3 is 0 Å². The predicted molar refractivity (Wildman–Crippen MR) is 100 cm³/mol. The molecule has 3 rings (SSSR count). The molecule has 0 atom stereocenters. The summed E-state index contributed by atoms with van der Waals surface area (Å²) >= 11 is 3.28. The lowest BCUT2D eigenvalue weighted by Gasteiger charge is -2.07. The number of imidazole rings is 1. The minimum atomic E-state index is -3.69. The van der Waals surface area contributed by atoms with Crippen LogP contribution in [0.15, 0.2) is 81.7 Å². The highest BCUT2D eigenvalue weighted by atomic mass is 79.9. The van der Waals surface area contributed by atoms with E-state index in [1.165, 1.54) is 12.1 Å². The molecule has 0 amide bonds. The number of rotatable bonds is 5. The highest BCUT2D eigenvalue weighted by Gasteiger charge is 2.12. The summed E-state index contributed by atoms with van der Waals surface area (Å²) in [5, 5.41) is 4.01. The number of hydrazone groups is 1. The minimum Gasteiger partial charge on any atom is -0.306 e. The van der Waals surface area contributed by atoms with Gasteiger partial charge < -0.3 is 4.57 Å². The molecule has 3 aromatic rings. The molecule has 1 aromatic heterocycles. The number of nitrogens with one attached hydrogen (secondary N) is 1. The van der Waals surface area contributed by atoms with Gasteiger partial charge in [0.2, 0.25) is 0 Å². The third-order valence-corrected chi connectivity index (χ3v) is 5.30. The summed E-state index contributed by atoms with van der Waals surface area (Å²) in [6, 6.07) is 13.9. The SMILES string of the molecule is CC(=NNS(=O)(=O)c1ccc(Br)cc1)c1ccc(-n2ccnc2)cc1. The van der Waals surface area contributed by atoms with Gasteiger partial charge in [0.05, 0.1) is 16.9 Å². The quantitative estimate of drug-likeness (QED) is 0.509. The Morgan fingerprint density at radius 2 is 1.80 bits per heavy atom. The molecular weight excluding hydrogens is 404 g/mol. The molecule has 0 fully saturated rings. The van der Waals surface area contributed by atoms with Crippen LogP contribution in [0.25, 0.3) is 5.69 Å². The smallest absolute Gasteiger partial charge is 0.276 e. The number of benzene rings is 2. The minimum absolute atomic E-state index is 0.155. The van der Waals surface area contributed by atoms with E-state index in [1.54, 1.807) is 31.6 Å². The molecule has 0 aliphatic carbocycles. The fourth-order valence-electron chi connectivity index (χ4n) is 2.15. The number of halogens is 1. The molecule has 0 aliphatic rings. The number of hydrogen-bond acceptors (Lipinski definition) is 4. The van der Waals surface area contributed by atoms with Crippen molar-refractivity contribution < 1.29 is 8.42 Å². The molecule has 8 heteroatoms. The summed E-state index contributed by atoms with van der Waals surface area (Å²) < 4.78 is 27.2. The molecule has 2 aromatic carbocycles. The fraction of sp³-hybridized carbons (Fsp3) is 0.0588. The van der Waals surface area contributed by atoms with Crippen LogP contribution in [-0.4, -0.2) is 23.7 Å². The molecule has 1 heterocycles. The van der Waals surface area contributed by atoms with Crippen molar-refractivity contribution in [3.05, 3.63) is 77.3 Å². The van der Waals surface area contributed by atoms with E-state index in [9.17, 15) is 8.42 Å². The van der Waals surface area contributed by atoms with Gasteiger partial charge in [-0.1, -0.05) is 28.1 Å². The largest absolute Gasteiger partial charge is 0.306 e. The summed E-state index contributed by atoms with van der Waals surface area (Å²) in [4.78, 5) is 6.43. The van der Waals surface area contributed by atoms with E-state index in [2.05, 4.69) is 30.8 Å². The summed E-state index contributed by atoms with van der Waals surface area (Å²) in [6.07, 6.45) is 5.27. The molecule has 0 radical (unpaired) electrons. The summed E-state index contributed by atoms with van der Waals surface area (Å²) in [5.41, 5.74) is 2.35. The monoisotopic (exact) mass is 418 g/mol. The Labute approximate surface area is 154 Å². The first-order chi connectivity index (χ1) is 12.0. The molecule has 0 saturated carbocycles. The van der Waals surface area contributed by atoms with Gasteiger partial charge in [0.15, 0.2) is 0 Å². The van der Waals surface area contributed by atoms with Crippen molar-refractivity contribution in [3.8, 4) is 5.69 Å². The van der Waals surface area contributed by atoms with Crippen LogP contribution in [0.5, 0.6) is 0 Å². The third kappa shape index (κ3) is 4.15. The van der Waals surface area contributed by atoms with Crippen molar-refractivity contribution in [3.63, 3.8) is 0 Å². The standard InChI is InChI=1S/C17H15BrN4O2S/c1-13(14-2-6-16(7-3-14)22-11-10-19-12-22)20-21-25(23,24)17-8-4-15(18)5-9-17/h2-12,21H,1H3. The van der Waals surface area contributed by atoms with Gasteiger partial charge in [-0.2, -0.15) is 18.4 Å². The zero-order valence-electron chi connectivity index (χ0n) is 13.3. The van der Waals surface area contributed by atoms with Crippen LogP contribution in [-0.2, 0) is 10.0 Å². The normalized spacial score (nSPS) is 12.2. The Morgan fingerprint density at radius 1 is 1.12 bits per heavy atom. The third-order valence-electron chi connectivity index (χ3n) is 3.55. The summed E-state index contributed by atoms with van der Waals surface area (Å²) in [5.74, 6) is 0. The fourth-order valence-corrected chi connectivity index (χ4v) is 3.27. The predicted octanol–water partition coefficient (Wildman–Crippen LogP) is 3.34. The van der Waals surface area contributed by atoms with E-state index in [0.717, 1.165) is 15.7 Å². The maximum atomic E-state index is 12.2. The summed E-state index contributed by atoms with van der Waals surface area (Å²) in [7, 11) is -3.69. The van der Waals surface area contributed by atoms with Crippen molar-refractivity contribution >= 4 is 31.7 Å². The lowest BCUT2D eigenvalue weighted by molar-refractivity contribution is 0.584. The molecule has 128 valence electrons. The Hall–Kier alpha value is -2.45. The lowest BCUT2D eigenvalue weighted by atomic mass is 10.1. The maximum absolute atomic E-state index is 12.2.